The highest BCUT2D eigenvalue weighted by Gasteiger charge is 2.24. The number of halogens is 2. The van der Waals surface area contributed by atoms with E-state index in [0.29, 0.717) is 10.6 Å². The Kier molecular flexibility index (Phi) is 4.00. The van der Waals surface area contributed by atoms with E-state index in [9.17, 15) is 4.79 Å². The average molecular weight is 418 g/mol. The Balaban J connectivity index is 1.71. The molecule has 0 aliphatic carbocycles. The SMILES string of the molecule is O=C1Nc2cc(Cl)ccc2C1=Cc1csc(-c2cccc(Br)c2)n1. The summed E-state index contributed by atoms with van der Waals surface area (Å²) < 4.78 is 1.01. The van der Waals surface area contributed by atoms with Crippen LogP contribution in [0.1, 0.15) is 11.3 Å². The van der Waals surface area contributed by atoms with Gasteiger partial charge >= 0.3 is 0 Å². The standard InChI is InChI=1S/C18H10BrClN2OS/c19-11-3-1-2-10(6-11)18-21-13(9-24-18)8-15-14-5-4-12(20)7-16(14)22-17(15)23/h1-9H,(H,22,23). The first-order valence-corrected chi connectivity index (χ1v) is 9.20. The van der Waals surface area contributed by atoms with Gasteiger partial charge in [0.1, 0.15) is 5.01 Å². The van der Waals surface area contributed by atoms with Gasteiger partial charge < -0.3 is 5.32 Å². The van der Waals surface area contributed by atoms with E-state index in [1.165, 1.54) is 0 Å². The highest BCUT2D eigenvalue weighted by molar-refractivity contribution is 9.10. The van der Waals surface area contributed by atoms with Crippen molar-refractivity contribution in [1.29, 1.82) is 0 Å². The van der Waals surface area contributed by atoms with Crippen LogP contribution in [-0.4, -0.2) is 10.9 Å². The molecule has 0 saturated heterocycles. The minimum Gasteiger partial charge on any atom is -0.321 e. The van der Waals surface area contributed by atoms with Gasteiger partial charge in [-0.2, -0.15) is 0 Å². The summed E-state index contributed by atoms with van der Waals surface area (Å²) in [6, 6.07) is 13.4. The van der Waals surface area contributed by atoms with E-state index >= 15 is 0 Å². The van der Waals surface area contributed by atoms with E-state index in [-0.39, 0.29) is 5.91 Å². The van der Waals surface area contributed by atoms with E-state index in [4.69, 9.17) is 11.6 Å². The number of amides is 1. The third-order valence-corrected chi connectivity index (χ3v) is 5.29. The zero-order valence-electron chi connectivity index (χ0n) is 12.2. The van der Waals surface area contributed by atoms with E-state index < -0.39 is 0 Å². The Morgan fingerprint density at radius 2 is 2.08 bits per heavy atom. The number of nitrogens with zero attached hydrogens (tertiary/aromatic N) is 1. The summed E-state index contributed by atoms with van der Waals surface area (Å²) in [7, 11) is 0. The Bertz CT molecular complexity index is 996. The lowest BCUT2D eigenvalue weighted by Crippen LogP contribution is -2.03. The summed E-state index contributed by atoms with van der Waals surface area (Å²) in [5, 5.41) is 6.29. The molecule has 4 rings (SSSR count). The van der Waals surface area contributed by atoms with Crippen LogP contribution in [0.5, 0.6) is 0 Å². The second-order valence-corrected chi connectivity index (χ2v) is 7.50. The van der Waals surface area contributed by atoms with Crippen molar-refractivity contribution in [3.05, 3.63) is 68.6 Å². The molecule has 2 aromatic carbocycles. The molecule has 118 valence electrons. The maximum absolute atomic E-state index is 12.2. The first kappa shape index (κ1) is 15.6. The predicted octanol–water partition coefficient (Wildman–Crippen LogP) is 5.72. The van der Waals surface area contributed by atoms with Gasteiger partial charge in [0.15, 0.2) is 0 Å². The largest absolute Gasteiger partial charge is 0.321 e. The topological polar surface area (TPSA) is 42.0 Å². The zero-order chi connectivity index (χ0) is 16.7. The smallest absolute Gasteiger partial charge is 0.256 e. The molecule has 2 heterocycles. The molecule has 0 atom stereocenters. The number of carbonyl (C=O) groups is 1. The average Bonchev–Trinajstić information content (AvgIpc) is 3.13. The van der Waals surface area contributed by atoms with Crippen LogP contribution in [0.4, 0.5) is 5.69 Å². The van der Waals surface area contributed by atoms with Crippen molar-refractivity contribution in [1.82, 2.24) is 4.98 Å². The number of fused-ring (bicyclic) bond motifs is 1. The van der Waals surface area contributed by atoms with Crippen molar-refractivity contribution >= 4 is 62.1 Å². The summed E-state index contributed by atoms with van der Waals surface area (Å²) in [5.74, 6) is -0.135. The molecular formula is C18H10BrClN2OS. The number of hydrogen-bond donors (Lipinski definition) is 1. The first-order valence-electron chi connectivity index (χ1n) is 7.14. The lowest BCUT2D eigenvalue weighted by Gasteiger charge is -1.98. The number of benzene rings is 2. The van der Waals surface area contributed by atoms with E-state index in [0.717, 1.165) is 32.0 Å². The van der Waals surface area contributed by atoms with Gasteiger partial charge in [0.2, 0.25) is 0 Å². The molecule has 0 fully saturated rings. The summed E-state index contributed by atoms with van der Waals surface area (Å²) >= 11 is 11.0. The van der Waals surface area contributed by atoms with Crippen molar-refractivity contribution < 1.29 is 4.79 Å². The molecule has 1 N–H and O–H groups in total. The minimum absolute atomic E-state index is 0.135. The van der Waals surface area contributed by atoms with Gasteiger partial charge in [-0.15, -0.1) is 11.3 Å². The second kappa shape index (κ2) is 6.16. The minimum atomic E-state index is -0.135. The van der Waals surface area contributed by atoms with Crippen LogP contribution in [-0.2, 0) is 4.79 Å². The van der Waals surface area contributed by atoms with Gasteiger partial charge in [-0.1, -0.05) is 45.7 Å². The molecule has 1 aliphatic rings. The number of nitrogens with one attached hydrogen (secondary N) is 1. The summed E-state index contributed by atoms with van der Waals surface area (Å²) in [5.41, 5.74) is 4.00. The van der Waals surface area contributed by atoms with E-state index in [1.807, 2.05) is 41.8 Å². The molecule has 0 bridgehead atoms. The number of carbonyl (C=O) groups excluding carboxylic acids is 1. The van der Waals surface area contributed by atoms with Crippen LogP contribution in [0.3, 0.4) is 0 Å². The molecule has 0 spiro atoms. The van der Waals surface area contributed by atoms with Crippen LogP contribution in [0, 0.1) is 0 Å². The highest BCUT2D eigenvalue weighted by Crippen LogP contribution is 2.35. The fourth-order valence-corrected chi connectivity index (χ4v) is 3.91. The lowest BCUT2D eigenvalue weighted by atomic mass is 10.1. The predicted molar refractivity (Wildman–Crippen MR) is 103 cm³/mol. The van der Waals surface area contributed by atoms with Gasteiger partial charge in [0.25, 0.3) is 5.91 Å². The number of hydrogen-bond acceptors (Lipinski definition) is 3. The second-order valence-electron chi connectivity index (χ2n) is 5.29. The summed E-state index contributed by atoms with van der Waals surface area (Å²) in [6.07, 6.45) is 1.81. The molecule has 0 saturated carbocycles. The monoisotopic (exact) mass is 416 g/mol. The van der Waals surface area contributed by atoms with Gasteiger partial charge in [0.05, 0.1) is 17.0 Å². The Hall–Kier alpha value is -1.95. The molecule has 3 nitrogen and oxygen atoms in total. The van der Waals surface area contributed by atoms with Crippen LogP contribution in [0.15, 0.2) is 52.3 Å². The maximum Gasteiger partial charge on any atom is 0.256 e. The third-order valence-electron chi connectivity index (χ3n) is 3.65. The Morgan fingerprint density at radius 3 is 2.92 bits per heavy atom. The third kappa shape index (κ3) is 2.90. The molecule has 0 unspecified atom stereocenters. The van der Waals surface area contributed by atoms with Crippen molar-refractivity contribution in [2.75, 3.05) is 5.32 Å². The van der Waals surface area contributed by atoms with Crippen LogP contribution in [0.25, 0.3) is 22.2 Å². The number of rotatable bonds is 2. The van der Waals surface area contributed by atoms with Crippen molar-refractivity contribution in [2.45, 2.75) is 0 Å². The molecule has 3 aromatic rings. The molecular weight excluding hydrogens is 408 g/mol. The van der Waals surface area contributed by atoms with Crippen molar-refractivity contribution in [3.8, 4) is 10.6 Å². The zero-order valence-corrected chi connectivity index (χ0v) is 15.4. The summed E-state index contributed by atoms with van der Waals surface area (Å²) in [4.78, 5) is 16.8. The number of thiazole rings is 1. The number of aromatic nitrogens is 1. The quantitative estimate of drug-likeness (QED) is 0.542. The molecule has 1 amide bonds. The maximum atomic E-state index is 12.2. The van der Waals surface area contributed by atoms with E-state index in [2.05, 4.69) is 26.2 Å². The van der Waals surface area contributed by atoms with Gasteiger partial charge in [0, 0.05) is 26.0 Å². The first-order chi connectivity index (χ1) is 11.6. The van der Waals surface area contributed by atoms with E-state index in [1.54, 1.807) is 23.5 Å². The Morgan fingerprint density at radius 1 is 1.21 bits per heavy atom. The van der Waals surface area contributed by atoms with Crippen LogP contribution in [0.2, 0.25) is 5.02 Å². The molecule has 24 heavy (non-hydrogen) atoms. The number of anilines is 1. The fourth-order valence-electron chi connectivity index (χ4n) is 2.56. The van der Waals surface area contributed by atoms with Gasteiger partial charge in [-0.05, 0) is 30.3 Å². The fraction of sp³-hybridized carbons (Fsp3) is 0. The van der Waals surface area contributed by atoms with Crippen molar-refractivity contribution in [3.63, 3.8) is 0 Å². The van der Waals surface area contributed by atoms with Crippen LogP contribution < -0.4 is 5.32 Å². The Labute approximate surface area is 156 Å². The molecule has 6 heteroatoms. The van der Waals surface area contributed by atoms with Gasteiger partial charge in [-0.3, -0.25) is 4.79 Å². The van der Waals surface area contributed by atoms with Crippen molar-refractivity contribution in [2.24, 2.45) is 0 Å². The van der Waals surface area contributed by atoms with Gasteiger partial charge in [-0.25, -0.2) is 4.98 Å². The molecule has 1 aliphatic heterocycles. The molecule has 1 aromatic heterocycles. The molecule has 0 radical (unpaired) electrons. The lowest BCUT2D eigenvalue weighted by molar-refractivity contribution is -0.110. The summed E-state index contributed by atoms with van der Waals surface area (Å²) in [6.45, 7) is 0. The normalized spacial score (nSPS) is 14.8. The van der Waals surface area contributed by atoms with Crippen LogP contribution >= 0.6 is 38.9 Å². The highest BCUT2D eigenvalue weighted by atomic mass is 79.9.